The summed E-state index contributed by atoms with van der Waals surface area (Å²) in [5, 5.41) is 9.18. The summed E-state index contributed by atoms with van der Waals surface area (Å²) < 4.78 is 11.4. The zero-order valence-electron chi connectivity index (χ0n) is 10.9. The van der Waals surface area contributed by atoms with Gasteiger partial charge >= 0.3 is 0 Å². The van der Waals surface area contributed by atoms with Crippen molar-refractivity contribution >= 4 is 0 Å². The van der Waals surface area contributed by atoms with Gasteiger partial charge in [0.05, 0.1) is 24.2 Å². The second-order valence-corrected chi connectivity index (χ2v) is 4.91. The smallest absolute Gasteiger partial charge is 0.120 e. The third-order valence-corrected chi connectivity index (χ3v) is 3.05. The van der Waals surface area contributed by atoms with Crippen LogP contribution in [0.25, 0.3) is 0 Å². The zero-order chi connectivity index (χ0) is 13.0. The molecule has 2 atom stereocenters. The van der Waals surface area contributed by atoms with Crippen molar-refractivity contribution in [1.82, 2.24) is 0 Å². The Labute approximate surface area is 108 Å². The summed E-state index contributed by atoms with van der Waals surface area (Å²) in [7, 11) is 0. The molecule has 1 aromatic rings. The summed E-state index contributed by atoms with van der Waals surface area (Å²) in [6.07, 6.45) is 1.92. The molecule has 1 fully saturated rings. The van der Waals surface area contributed by atoms with Crippen molar-refractivity contribution in [2.75, 3.05) is 6.61 Å². The summed E-state index contributed by atoms with van der Waals surface area (Å²) in [6, 6.07) is 10.2. The first-order valence-corrected chi connectivity index (χ1v) is 6.48. The van der Waals surface area contributed by atoms with Crippen LogP contribution in [0.15, 0.2) is 24.3 Å². The van der Waals surface area contributed by atoms with Crippen molar-refractivity contribution in [2.24, 2.45) is 5.92 Å². The Morgan fingerprint density at radius 3 is 3.00 bits per heavy atom. The number of ether oxygens (including phenoxy) is 2. The van der Waals surface area contributed by atoms with E-state index in [1.54, 1.807) is 0 Å². The molecule has 0 bridgehead atoms. The predicted molar refractivity (Wildman–Crippen MR) is 69.2 cm³/mol. The van der Waals surface area contributed by atoms with Gasteiger partial charge in [0.2, 0.25) is 0 Å². The van der Waals surface area contributed by atoms with Crippen LogP contribution < -0.4 is 4.74 Å². The van der Waals surface area contributed by atoms with Gasteiger partial charge in [-0.1, -0.05) is 12.1 Å². The van der Waals surface area contributed by atoms with Crippen LogP contribution in [-0.4, -0.2) is 12.7 Å². The predicted octanol–water partition coefficient (Wildman–Crippen LogP) is 3.47. The fourth-order valence-electron chi connectivity index (χ4n) is 2.28. The molecule has 1 aromatic carbocycles. The highest BCUT2D eigenvalue weighted by molar-refractivity contribution is 5.31. The highest BCUT2D eigenvalue weighted by Gasteiger charge is 2.27. The van der Waals surface area contributed by atoms with Gasteiger partial charge in [0.15, 0.2) is 0 Å². The molecule has 1 aliphatic heterocycles. The van der Waals surface area contributed by atoms with Crippen LogP contribution >= 0.6 is 0 Å². The van der Waals surface area contributed by atoms with E-state index in [0.717, 1.165) is 30.8 Å². The minimum Gasteiger partial charge on any atom is -0.491 e. The summed E-state index contributed by atoms with van der Waals surface area (Å²) in [5.74, 6) is 0.793. The Hall–Kier alpha value is -1.53. The Kier molecular flexibility index (Phi) is 4.22. The molecule has 1 aliphatic rings. The van der Waals surface area contributed by atoms with Crippen molar-refractivity contribution < 1.29 is 9.47 Å². The second-order valence-electron chi connectivity index (χ2n) is 4.91. The normalized spacial score (nSPS) is 23.7. The molecule has 0 spiro atoms. The van der Waals surface area contributed by atoms with Crippen molar-refractivity contribution in [1.29, 1.82) is 5.26 Å². The zero-order valence-corrected chi connectivity index (χ0v) is 10.9. The number of hydrogen-bond acceptors (Lipinski definition) is 3. The Balaban J connectivity index is 2.19. The van der Waals surface area contributed by atoms with Gasteiger partial charge in [0, 0.05) is 6.61 Å². The maximum atomic E-state index is 9.18. The lowest BCUT2D eigenvalue weighted by Gasteiger charge is -2.27. The molecule has 2 unspecified atom stereocenters. The third kappa shape index (κ3) is 3.02. The van der Waals surface area contributed by atoms with Gasteiger partial charge in [-0.25, -0.2) is 0 Å². The highest BCUT2D eigenvalue weighted by atomic mass is 16.5. The van der Waals surface area contributed by atoms with Gasteiger partial charge in [0.1, 0.15) is 5.75 Å². The van der Waals surface area contributed by atoms with Crippen LogP contribution in [0, 0.1) is 17.2 Å². The maximum absolute atomic E-state index is 9.18. The van der Waals surface area contributed by atoms with E-state index < -0.39 is 0 Å². The fourth-order valence-corrected chi connectivity index (χ4v) is 2.28. The molecule has 3 heteroatoms. The van der Waals surface area contributed by atoms with Gasteiger partial charge in [-0.2, -0.15) is 5.26 Å². The molecule has 0 saturated carbocycles. The molecule has 0 N–H and O–H groups in total. The van der Waals surface area contributed by atoms with Crippen molar-refractivity contribution in [3.8, 4) is 11.8 Å². The Morgan fingerprint density at radius 2 is 2.28 bits per heavy atom. The lowest BCUT2D eigenvalue weighted by Crippen LogP contribution is -2.21. The van der Waals surface area contributed by atoms with Gasteiger partial charge < -0.3 is 9.47 Å². The van der Waals surface area contributed by atoms with E-state index >= 15 is 0 Å². The van der Waals surface area contributed by atoms with Crippen molar-refractivity contribution in [2.45, 2.75) is 38.9 Å². The molecule has 0 aliphatic carbocycles. The molecule has 1 saturated heterocycles. The maximum Gasteiger partial charge on any atom is 0.120 e. The number of hydrogen-bond donors (Lipinski definition) is 0. The third-order valence-electron chi connectivity index (χ3n) is 3.05. The summed E-state index contributed by atoms with van der Waals surface area (Å²) in [6.45, 7) is 4.74. The van der Waals surface area contributed by atoms with Gasteiger partial charge in [0.25, 0.3) is 0 Å². The van der Waals surface area contributed by atoms with Gasteiger partial charge in [-0.05, 0) is 44.4 Å². The number of nitriles is 1. The second kappa shape index (κ2) is 5.88. The Bertz CT molecular complexity index is 436. The van der Waals surface area contributed by atoms with Gasteiger partial charge in [-0.3, -0.25) is 0 Å². The molecule has 3 nitrogen and oxygen atoms in total. The molecule has 2 rings (SSSR count). The molecule has 0 amide bonds. The first-order valence-electron chi connectivity index (χ1n) is 6.48. The molecule has 0 aromatic heterocycles. The van der Waals surface area contributed by atoms with Crippen LogP contribution in [0.4, 0.5) is 0 Å². The average molecular weight is 245 g/mol. The Morgan fingerprint density at radius 1 is 1.44 bits per heavy atom. The fraction of sp³-hybridized carbons (Fsp3) is 0.533. The van der Waals surface area contributed by atoms with E-state index in [1.807, 2.05) is 38.1 Å². The topological polar surface area (TPSA) is 42.2 Å². The molecule has 1 heterocycles. The lowest BCUT2D eigenvalue weighted by atomic mass is 9.91. The van der Waals surface area contributed by atoms with Crippen molar-refractivity contribution in [3.05, 3.63) is 29.8 Å². The minimum absolute atomic E-state index is 0.0481. The summed E-state index contributed by atoms with van der Waals surface area (Å²) in [5.41, 5.74) is 1.04. The summed E-state index contributed by atoms with van der Waals surface area (Å²) in [4.78, 5) is 0. The monoisotopic (exact) mass is 245 g/mol. The van der Waals surface area contributed by atoms with E-state index in [4.69, 9.17) is 9.47 Å². The first-order chi connectivity index (χ1) is 8.70. The molecule has 18 heavy (non-hydrogen) atoms. The molecular formula is C15H19NO2. The molecule has 0 radical (unpaired) electrons. The first kappa shape index (κ1) is 12.9. The van der Waals surface area contributed by atoms with Crippen molar-refractivity contribution in [3.63, 3.8) is 0 Å². The van der Waals surface area contributed by atoms with Crippen LogP contribution in [0.2, 0.25) is 0 Å². The van der Waals surface area contributed by atoms with Crippen LogP contribution in [0.1, 0.15) is 38.4 Å². The van der Waals surface area contributed by atoms with Crippen LogP contribution in [0.3, 0.4) is 0 Å². The number of nitrogens with zero attached hydrogens (tertiary/aromatic N) is 1. The number of rotatable bonds is 3. The highest BCUT2D eigenvalue weighted by Crippen LogP contribution is 2.34. The van der Waals surface area contributed by atoms with E-state index in [0.29, 0.717) is 0 Å². The molecule has 96 valence electrons. The lowest BCUT2D eigenvalue weighted by molar-refractivity contribution is -0.0103. The number of benzene rings is 1. The standard InChI is InChI=1S/C15H19NO2/c1-11(2)18-14-7-3-5-12(9-14)15-13(10-16)6-4-8-17-15/h3,5,7,9,11,13,15H,4,6,8H2,1-2H3. The van der Waals surface area contributed by atoms with E-state index in [2.05, 4.69) is 6.07 Å². The van der Waals surface area contributed by atoms with Crippen LogP contribution in [-0.2, 0) is 4.74 Å². The minimum atomic E-state index is -0.112. The summed E-state index contributed by atoms with van der Waals surface area (Å²) >= 11 is 0. The van der Waals surface area contributed by atoms with E-state index in [-0.39, 0.29) is 18.1 Å². The quantitative estimate of drug-likeness (QED) is 0.819. The largest absolute Gasteiger partial charge is 0.491 e. The van der Waals surface area contributed by atoms with E-state index in [1.165, 1.54) is 0 Å². The molecular weight excluding hydrogens is 226 g/mol. The average Bonchev–Trinajstić information content (AvgIpc) is 2.38. The SMILES string of the molecule is CC(C)Oc1cccc(C2OCCCC2C#N)c1. The van der Waals surface area contributed by atoms with E-state index in [9.17, 15) is 5.26 Å². The van der Waals surface area contributed by atoms with Crippen LogP contribution in [0.5, 0.6) is 5.75 Å². The van der Waals surface area contributed by atoms with Gasteiger partial charge in [-0.15, -0.1) is 0 Å².